The van der Waals surface area contributed by atoms with Crippen molar-refractivity contribution in [3.63, 3.8) is 0 Å². The molecule has 0 unspecified atom stereocenters. The summed E-state index contributed by atoms with van der Waals surface area (Å²) in [6, 6.07) is 10.7. The molecule has 2 aromatic heterocycles. The van der Waals surface area contributed by atoms with Crippen molar-refractivity contribution in [2.75, 3.05) is 18.4 Å². The molecule has 0 fully saturated rings. The highest BCUT2D eigenvalue weighted by molar-refractivity contribution is 7.92. The predicted molar refractivity (Wildman–Crippen MR) is 118 cm³/mol. The molecule has 0 saturated carbocycles. The SMILES string of the molecule is CCOC(=O)Oc1c[nH]c2c(=O)[nH]c3ccc(S(=O)(=O)Nc4cccc(OC)c4)cc3c12. The Morgan fingerprint density at radius 3 is 2.72 bits per heavy atom. The Balaban J connectivity index is 1.82. The van der Waals surface area contributed by atoms with Crippen LogP contribution in [0.2, 0.25) is 0 Å². The molecule has 2 aromatic carbocycles. The van der Waals surface area contributed by atoms with E-state index in [-0.39, 0.29) is 28.2 Å². The van der Waals surface area contributed by atoms with Gasteiger partial charge in [-0.1, -0.05) is 6.07 Å². The zero-order valence-corrected chi connectivity index (χ0v) is 17.9. The lowest BCUT2D eigenvalue weighted by Gasteiger charge is -2.11. The van der Waals surface area contributed by atoms with Gasteiger partial charge in [0.1, 0.15) is 11.3 Å². The van der Waals surface area contributed by atoms with Crippen LogP contribution in [0.3, 0.4) is 0 Å². The van der Waals surface area contributed by atoms with Crippen molar-refractivity contribution in [1.29, 1.82) is 0 Å². The van der Waals surface area contributed by atoms with E-state index in [0.717, 1.165) is 0 Å². The van der Waals surface area contributed by atoms with E-state index in [1.165, 1.54) is 31.5 Å². The van der Waals surface area contributed by atoms with Gasteiger partial charge < -0.3 is 24.2 Å². The van der Waals surface area contributed by atoms with Gasteiger partial charge in [0, 0.05) is 23.2 Å². The Morgan fingerprint density at radius 1 is 1.16 bits per heavy atom. The maximum Gasteiger partial charge on any atom is 0.513 e. The normalized spacial score (nSPS) is 11.4. The van der Waals surface area contributed by atoms with Gasteiger partial charge in [0.2, 0.25) is 0 Å². The zero-order chi connectivity index (χ0) is 22.9. The number of hydrogen-bond acceptors (Lipinski definition) is 7. The van der Waals surface area contributed by atoms with Crippen molar-refractivity contribution < 1.29 is 27.4 Å². The molecule has 0 spiro atoms. The Kier molecular flexibility index (Phi) is 5.49. The van der Waals surface area contributed by atoms with Crippen LogP contribution in [0.15, 0.2) is 58.4 Å². The summed E-state index contributed by atoms with van der Waals surface area (Å²) in [7, 11) is -2.49. The van der Waals surface area contributed by atoms with E-state index in [4.69, 9.17) is 14.2 Å². The third-order valence-corrected chi connectivity index (χ3v) is 6.05. The number of sulfonamides is 1. The standard InChI is InChI=1S/C21H19N3O7S/c1-3-30-21(26)31-17-11-22-19-18(17)15-10-14(7-8-16(15)23-20(19)25)32(27,28)24-12-5-4-6-13(9-12)29-2/h4-11,22,24H,3H2,1-2H3,(H,23,25). The number of rotatable bonds is 6. The lowest BCUT2D eigenvalue weighted by Crippen LogP contribution is -2.13. The highest BCUT2D eigenvalue weighted by Crippen LogP contribution is 2.32. The van der Waals surface area contributed by atoms with E-state index < -0.39 is 21.7 Å². The number of anilines is 1. The fraction of sp³-hybridized carbons (Fsp3) is 0.143. The predicted octanol–water partition coefficient (Wildman–Crippen LogP) is 3.35. The fourth-order valence-electron chi connectivity index (χ4n) is 3.26. The van der Waals surface area contributed by atoms with Gasteiger partial charge in [-0.25, -0.2) is 13.2 Å². The van der Waals surface area contributed by atoms with E-state index >= 15 is 0 Å². The van der Waals surface area contributed by atoms with Gasteiger partial charge in [0.15, 0.2) is 5.75 Å². The molecule has 3 N–H and O–H groups in total. The maximum absolute atomic E-state index is 13.0. The topological polar surface area (TPSA) is 140 Å². The minimum Gasteiger partial charge on any atom is -0.497 e. The summed E-state index contributed by atoms with van der Waals surface area (Å²) in [5, 5.41) is 0.629. The number of fused-ring (bicyclic) bond motifs is 3. The number of methoxy groups -OCH3 is 1. The second-order valence-corrected chi connectivity index (χ2v) is 8.37. The first-order valence-corrected chi connectivity index (χ1v) is 11.0. The van der Waals surface area contributed by atoms with Crippen LogP contribution < -0.4 is 19.8 Å². The van der Waals surface area contributed by atoms with E-state index in [1.807, 2.05) is 0 Å². The summed E-state index contributed by atoms with van der Waals surface area (Å²) in [5.41, 5.74) is 0.378. The van der Waals surface area contributed by atoms with Crippen LogP contribution in [0, 0.1) is 0 Å². The maximum atomic E-state index is 13.0. The number of hydrogen-bond donors (Lipinski definition) is 3. The molecule has 2 heterocycles. The average molecular weight is 457 g/mol. The largest absolute Gasteiger partial charge is 0.513 e. The fourth-order valence-corrected chi connectivity index (χ4v) is 4.34. The molecule has 0 saturated heterocycles. The molecule has 32 heavy (non-hydrogen) atoms. The smallest absolute Gasteiger partial charge is 0.497 e. The summed E-state index contributed by atoms with van der Waals surface area (Å²) >= 11 is 0. The molecular weight excluding hydrogens is 438 g/mol. The van der Waals surface area contributed by atoms with Gasteiger partial charge in [-0.15, -0.1) is 0 Å². The van der Waals surface area contributed by atoms with E-state index in [1.54, 1.807) is 31.2 Å². The lowest BCUT2D eigenvalue weighted by atomic mass is 10.1. The van der Waals surface area contributed by atoms with Gasteiger partial charge in [-0.05, 0) is 37.3 Å². The molecule has 4 rings (SSSR count). The lowest BCUT2D eigenvalue weighted by molar-refractivity contribution is 0.105. The summed E-state index contributed by atoms with van der Waals surface area (Å²) in [4.78, 5) is 29.6. The second-order valence-electron chi connectivity index (χ2n) is 6.69. The zero-order valence-electron chi connectivity index (χ0n) is 17.1. The minimum atomic E-state index is -3.98. The molecule has 4 aromatic rings. The molecule has 11 heteroatoms. The quantitative estimate of drug-likeness (QED) is 0.377. The van der Waals surface area contributed by atoms with Crippen molar-refractivity contribution >= 4 is 43.7 Å². The van der Waals surface area contributed by atoms with Crippen LogP contribution in [-0.2, 0) is 14.8 Å². The number of aromatic amines is 2. The average Bonchev–Trinajstić information content (AvgIpc) is 3.18. The van der Waals surface area contributed by atoms with Crippen molar-refractivity contribution in [1.82, 2.24) is 9.97 Å². The Bertz CT molecular complexity index is 1490. The number of carbonyl (C=O) groups excluding carboxylic acids is 1. The number of benzene rings is 2. The highest BCUT2D eigenvalue weighted by atomic mass is 32.2. The first-order valence-electron chi connectivity index (χ1n) is 9.51. The van der Waals surface area contributed by atoms with Crippen LogP contribution >= 0.6 is 0 Å². The summed E-state index contributed by atoms with van der Waals surface area (Å²) in [5.74, 6) is 0.543. The van der Waals surface area contributed by atoms with Gasteiger partial charge in [0.25, 0.3) is 15.6 Å². The molecule has 0 atom stereocenters. The summed E-state index contributed by atoms with van der Waals surface area (Å²) in [6.45, 7) is 1.74. The van der Waals surface area contributed by atoms with Gasteiger partial charge in [0.05, 0.1) is 29.7 Å². The van der Waals surface area contributed by atoms with Crippen molar-refractivity contribution in [3.8, 4) is 11.5 Å². The second kappa shape index (κ2) is 8.27. The van der Waals surface area contributed by atoms with Gasteiger partial charge in [-0.3, -0.25) is 9.52 Å². The Morgan fingerprint density at radius 2 is 1.97 bits per heavy atom. The van der Waals surface area contributed by atoms with E-state index in [9.17, 15) is 18.0 Å². The first-order chi connectivity index (χ1) is 15.3. The van der Waals surface area contributed by atoms with Crippen molar-refractivity contribution in [2.24, 2.45) is 0 Å². The van der Waals surface area contributed by atoms with Gasteiger partial charge >= 0.3 is 6.16 Å². The first kappa shape index (κ1) is 21.2. The Labute approximate surface area is 182 Å². The van der Waals surface area contributed by atoms with Crippen LogP contribution in [0.5, 0.6) is 11.5 Å². The van der Waals surface area contributed by atoms with Crippen LogP contribution in [0.4, 0.5) is 10.5 Å². The van der Waals surface area contributed by atoms with Crippen LogP contribution in [0.25, 0.3) is 21.8 Å². The molecule has 0 aliphatic rings. The third-order valence-electron chi connectivity index (χ3n) is 4.67. The summed E-state index contributed by atoms with van der Waals surface area (Å²) < 4.78 is 43.6. The number of carbonyl (C=O) groups is 1. The molecule has 0 aliphatic heterocycles. The minimum absolute atomic E-state index is 0.0462. The van der Waals surface area contributed by atoms with Crippen molar-refractivity contribution in [3.05, 3.63) is 59.0 Å². The van der Waals surface area contributed by atoms with E-state index in [2.05, 4.69) is 14.7 Å². The molecule has 0 amide bonds. The number of pyridine rings is 1. The summed E-state index contributed by atoms with van der Waals surface area (Å²) in [6.07, 6.45) is 0.400. The molecule has 0 aliphatic carbocycles. The number of ether oxygens (including phenoxy) is 3. The number of nitrogens with one attached hydrogen (secondary N) is 3. The molecular formula is C21H19N3O7S. The molecule has 0 radical (unpaired) electrons. The van der Waals surface area contributed by atoms with Crippen molar-refractivity contribution in [2.45, 2.75) is 11.8 Å². The molecule has 166 valence electrons. The van der Waals surface area contributed by atoms with Crippen LogP contribution in [0.1, 0.15) is 6.92 Å². The third kappa shape index (κ3) is 3.97. The Hall–Kier alpha value is -3.99. The van der Waals surface area contributed by atoms with Crippen LogP contribution in [-0.4, -0.2) is 38.3 Å². The van der Waals surface area contributed by atoms with E-state index in [0.29, 0.717) is 22.3 Å². The monoisotopic (exact) mass is 457 g/mol. The molecule has 0 bridgehead atoms. The number of H-pyrrole nitrogens is 2. The van der Waals surface area contributed by atoms with Gasteiger partial charge in [-0.2, -0.15) is 0 Å². The number of aromatic nitrogens is 2. The highest BCUT2D eigenvalue weighted by Gasteiger charge is 2.20. The molecule has 10 nitrogen and oxygen atoms in total.